The second-order valence-corrected chi connectivity index (χ2v) is 10.9. The number of ether oxygens (including phenoxy) is 1. The molecule has 0 radical (unpaired) electrons. The van der Waals surface area contributed by atoms with Crippen LogP contribution in [0.3, 0.4) is 0 Å². The van der Waals surface area contributed by atoms with Crippen LogP contribution in [0.1, 0.15) is 36.1 Å². The van der Waals surface area contributed by atoms with Crippen molar-refractivity contribution in [1.82, 2.24) is 9.71 Å². The fourth-order valence-corrected chi connectivity index (χ4v) is 4.24. The number of halogens is 2. The Morgan fingerprint density at radius 2 is 1.82 bits per heavy atom. The standard InChI is InChI=1S/C25H25Cl2N3O3S/c1-25(2,21-12-19(14-28)24(22(27)13-21)33-11-10-26)20-7-5-18(6-8-20)23-9-4-17(15-29-23)16-30-34(3,31)32/h4-9,12-13,15,30H,10-11,16H2,1-3H3. The van der Waals surface area contributed by atoms with E-state index < -0.39 is 15.4 Å². The Balaban J connectivity index is 1.83. The highest BCUT2D eigenvalue weighted by atomic mass is 35.5. The van der Waals surface area contributed by atoms with Crippen molar-refractivity contribution < 1.29 is 13.2 Å². The largest absolute Gasteiger partial charge is 0.489 e. The van der Waals surface area contributed by atoms with E-state index in [2.05, 4.69) is 29.6 Å². The highest BCUT2D eigenvalue weighted by molar-refractivity contribution is 7.88. The molecule has 0 saturated carbocycles. The number of hydrogen-bond acceptors (Lipinski definition) is 5. The van der Waals surface area contributed by atoms with Gasteiger partial charge in [0.15, 0.2) is 5.75 Å². The number of nitrogens with zero attached hydrogens (tertiary/aromatic N) is 2. The summed E-state index contributed by atoms with van der Waals surface area (Å²) in [5.74, 6) is 0.650. The van der Waals surface area contributed by atoms with Crippen molar-refractivity contribution >= 4 is 33.2 Å². The van der Waals surface area contributed by atoms with Crippen LogP contribution in [0.25, 0.3) is 11.3 Å². The molecule has 0 spiro atoms. The van der Waals surface area contributed by atoms with Crippen LogP contribution < -0.4 is 9.46 Å². The minimum Gasteiger partial charge on any atom is -0.489 e. The number of alkyl halides is 1. The number of nitrogens with one attached hydrogen (secondary N) is 1. The Labute approximate surface area is 210 Å². The van der Waals surface area contributed by atoms with Crippen LogP contribution in [-0.4, -0.2) is 32.1 Å². The van der Waals surface area contributed by atoms with Crippen LogP contribution in [0.2, 0.25) is 5.02 Å². The maximum Gasteiger partial charge on any atom is 0.209 e. The first-order chi connectivity index (χ1) is 16.0. The smallest absolute Gasteiger partial charge is 0.209 e. The molecule has 0 aliphatic carbocycles. The number of hydrogen-bond donors (Lipinski definition) is 1. The molecule has 3 aromatic rings. The summed E-state index contributed by atoms with van der Waals surface area (Å²) in [4.78, 5) is 4.46. The third-order valence-electron chi connectivity index (χ3n) is 5.47. The first kappa shape index (κ1) is 26.0. The first-order valence-corrected chi connectivity index (χ1v) is 13.3. The zero-order valence-corrected chi connectivity index (χ0v) is 21.4. The van der Waals surface area contributed by atoms with Gasteiger partial charge in [-0.3, -0.25) is 4.98 Å². The molecule has 6 nitrogen and oxygen atoms in total. The predicted molar refractivity (Wildman–Crippen MR) is 136 cm³/mol. The van der Waals surface area contributed by atoms with Gasteiger partial charge in [0.25, 0.3) is 0 Å². The van der Waals surface area contributed by atoms with Crippen molar-refractivity contribution in [3.05, 3.63) is 82.0 Å². The van der Waals surface area contributed by atoms with Crippen LogP contribution in [0, 0.1) is 11.3 Å². The lowest BCUT2D eigenvalue weighted by Gasteiger charge is -2.27. The number of aromatic nitrogens is 1. The number of sulfonamides is 1. The van der Waals surface area contributed by atoms with E-state index >= 15 is 0 Å². The average molecular weight is 518 g/mol. The van der Waals surface area contributed by atoms with Gasteiger partial charge in [0.1, 0.15) is 12.7 Å². The highest BCUT2D eigenvalue weighted by Gasteiger charge is 2.26. The normalized spacial score (nSPS) is 11.8. The summed E-state index contributed by atoms with van der Waals surface area (Å²) < 4.78 is 30.5. The topological polar surface area (TPSA) is 92.1 Å². The molecule has 0 amide bonds. The van der Waals surface area contributed by atoms with Crippen LogP contribution in [-0.2, 0) is 22.0 Å². The Hall–Kier alpha value is -2.63. The zero-order chi connectivity index (χ0) is 24.9. The van der Waals surface area contributed by atoms with E-state index in [1.165, 1.54) is 0 Å². The third kappa shape index (κ3) is 6.28. The zero-order valence-electron chi connectivity index (χ0n) is 19.1. The molecule has 9 heteroatoms. The highest BCUT2D eigenvalue weighted by Crippen LogP contribution is 2.38. The molecule has 0 fully saturated rings. The molecule has 0 bridgehead atoms. The van der Waals surface area contributed by atoms with E-state index in [0.717, 1.165) is 34.2 Å². The van der Waals surface area contributed by atoms with Gasteiger partial charge in [-0.25, -0.2) is 13.1 Å². The lowest BCUT2D eigenvalue weighted by Crippen LogP contribution is -2.21. The summed E-state index contributed by atoms with van der Waals surface area (Å²) in [5.41, 5.74) is 4.36. The maximum atomic E-state index is 11.3. The van der Waals surface area contributed by atoms with Crippen LogP contribution >= 0.6 is 23.2 Å². The lowest BCUT2D eigenvalue weighted by atomic mass is 9.77. The van der Waals surface area contributed by atoms with Crippen molar-refractivity contribution in [1.29, 1.82) is 5.26 Å². The van der Waals surface area contributed by atoms with Crippen molar-refractivity contribution in [3.63, 3.8) is 0 Å². The fraction of sp³-hybridized carbons (Fsp3) is 0.280. The van der Waals surface area contributed by atoms with Gasteiger partial charge in [-0.2, -0.15) is 5.26 Å². The number of benzene rings is 2. The summed E-state index contributed by atoms with van der Waals surface area (Å²) in [5, 5.41) is 9.97. The minimum atomic E-state index is -3.26. The molecule has 0 unspecified atom stereocenters. The molecular weight excluding hydrogens is 493 g/mol. The monoisotopic (exact) mass is 517 g/mol. The van der Waals surface area contributed by atoms with Gasteiger partial charge in [0.05, 0.1) is 28.4 Å². The fourth-order valence-electron chi connectivity index (χ4n) is 3.46. The summed E-state index contributed by atoms with van der Waals surface area (Å²) >= 11 is 12.1. The lowest BCUT2D eigenvalue weighted by molar-refractivity contribution is 0.341. The summed E-state index contributed by atoms with van der Waals surface area (Å²) in [7, 11) is -3.26. The van der Waals surface area contributed by atoms with E-state index in [-0.39, 0.29) is 13.2 Å². The SMILES string of the molecule is CC(C)(c1ccc(-c2ccc(CNS(C)(=O)=O)cn2)cc1)c1cc(Cl)c(OCCCl)c(C#N)c1. The molecule has 34 heavy (non-hydrogen) atoms. The Bertz CT molecular complexity index is 1300. The Morgan fingerprint density at radius 3 is 2.38 bits per heavy atom. The molecular formula is C25H25Cl2N3O3S. The van der Waals surface area contributed by atoms with Gasteiger partial charge in [-0.15, -0.1) is 11.6 Å². The average Bonchev–Trinajstić information content (AvgIpc) is 2.81. The van der Waals surface area contributed by atoms with Gasteiger partial charge < -0.3 is 4.74 Å². The van der Waals surface area contributed by atoms with E-state index in [0.29, 0.717) is 22.2 Å². The van der Waals surface area contributed by atoms with Gasteiger partial charge >= 0.3 is 0 Å². The van der Waals surface area contributed by atoms with Crippen LogP contribution in [0.4, 0.5) is 0 Å². The van der Waals surface area contributed by atoms with E-state index in [4.69, 9.17) is 27.9 Å². The van der Waals surface area contributed by atoms with E-state index in [9.17, 15) is 13.7 Å². The van der Waals surface area contributed by atoms with Gasteiger partial charge in [0.2, 0.25) is 10.0 Å². The first-order valence-electron chi connectivity index (χ1n) is 10.5. The van der Waals surface area contributed by atoms with Crippen LogP contribution in [0.15, 0.2) is 54.7 Å². The quantitative estimate of drug-likeness (QED) is 0.390. The van der Waals surface area contributed by atoms with E-state index in [1.54, 1.807) is 12.3 Å². The maximum absolute atomic E-state index is 11.3. The van der Waals surface area contributed by atoms with Gasteiger partial charge in [-0.1, -0.05) is 55.8 Å². The third-order valence-corrected chi connectivity index (χ3v) is 6.58. The van der Waals surface area contributed by atoms with Crippen molar-refractivity contribution in [2.24, 2.45) is 0 Å². The molecule has 0 aliphatic rings. The molecule has 3 rings (SSSR count). The van der Waals surface area contributed by atoms with Crippen molar-refractivity contribution in [3.8, 4) is 23.1 Å². The molecule has 1 N–H and O–H groups in total. The molecule has 0 aliphatic heterocycles. The summed E-state index contributed by atoms with van der Waals surface area (Å²) in [6, 6.07) is 17.5. The predicted octanol–water partition coefficient (Wildman–Crippen LogP) is 5.27. The molecule has 1 aromatic heterocycles. The number of pyridine rings is 1. The number of rotatable bonds is 9. The molecule has 0 saturated heterocycles. The van der Waals surface area contributed by atoms with Crippen LogP contribution in [0.5, 0.6) is 5.75 Å². The Kier molecular flexibility index (Phi) is 8.21. The Morgan fingerprint density at radius 1 is 1.12 bits per heavy atom. The molecule has 2 aromatic carbocycles. The van der Waals surface area contributed by atoms with Crippen molar-refractivity contribution in [2.75, 3.05) is 18.7 Å². The summed E-state index contributed by atoms with van der Waals surface area (Å²) in [6.07, 6.45) is 2.78. The summed E-state index contributed by atoms with van der Waals surface area (Å²) in [6.45, 7) is 4.59. The molecule has 0 atom stereocenters. The molecule has 178 valence electrons. The van der Waals surface area contributed by atoms with Gasteiger partial charge in [0, 0.05) is 23.7 Å². The second-order valence-electron chi connectivity index (χ2n) is 8.33. The van der Waals surface area contributed by atoms with Gasteiger partial charge in [-0.05, 0) is 34.9 Å². The van der Waals surface area contributed by atoms with Crippen molar-refractivity contribution in [2.45, 2.75) is 25.8 Å². The second kappa shape index (κ2) is 10.7. The minimum absolute atomic E-state index is 0.197. The van der Waals surface area contributed by atoms with E-state index in [1.807, 2.05) is 42.5 Å². The molecule has 1 heterocycles. The number of nitriles is 1.